The second kappa shape index (κ2) is 3.32. The molecule has 1 fully saturated rings. The highest BCUT2D eigenvalue weighted by molar-refractivity contribution is 5.45. The topological polar surface area (TPSA) is 44.5 Å². The molecule has 1 aliphatic carbocycles. The first kappa shape index (κ1) is 10.8. The molecule has 2 aliphatic rings. The summed E-state index contributed by atoms with van der Waals surface area (Å²) in [4.78, 5) is 0. The Bertz CT molecular complexity index is 458. The largest absolute Gasteiger partial charge is 0.586 e. The van der Waals surface area contributed by atoms with E-state index in [4.69, 9.17) is 5.73 Å². The summed E-state index contributed by atoms with van der Waals surface area (Å²) in [6, 6.07) is 4.93. The van der Waals surface area contributed by atoms with Gasteiger partial charge in [0, 0.05) is 0 Å². The van der Waals surface area contributed by atoms with E-state index >= 15 is 0 Å². The Balaban J connectivity index is 1.81. The summed E-state index contributed by atoms with van der Waals surface area (Å²) in [5.74, 6) is 0.205. The SMILES string of the molecule is NCC1(Cc2ccc3c(c2)OC(F)(F)O3)CC1. The van der Waals surface area contributed by atoms with E-state index in [0.29, 0.717) is 6.54 Å². The quantitative estimate of drug-likeness (QED) is 0.883. The molecule has 0 aromatic heterocycles. The van der Waals surface area contributed by atoms with Gasteiger partial charge in [-0.15, -0.1) is 8.78 Å². The van der Waals surface area contributed by atoms with Gasteiger partial charge in [-0.2, -0.15) is 0 Å². The van der Waals surface area contributed by atoms with Gasteiger partial charge in [0.2, 0.25) is 0 Å². The van der Waals surface area contributed by atoms with Crippen molar-refractivity contribution in [2.45, 2.75) is 25.6 Å². The first-order valence-corrected chi connectivity index (χ1v) is 5.61. The minimum absolute atomic E-state index is 0.0938. The summed E-state index contributed by atoms with van der Waals surface area (Å²) in [7, 11) is 0. The Labute approximate surface area is 97.5 Å². The lowest BCUT2D eigenvalue weighted by Gasteiger charge is -2.12. The second-order valence-electron chi connectivity index (χ2n) is 4.83. The fourth-order valence-electron chi connectivity index (χ4n) is 2.17. The van der Waals surface area contributed by atoms with Crippen molar-refractivity contribution in [3.05, 3.63) is 23.8 Å². The third kappa shape index (κ3) is 1.95. The van der Waals surface area contributed by atoms with Crippen LogP contribution in [0, 0.1) is 5.41 Å². The summed E-state index contributed by atoms with van der Waals surface area (Å²) >= 11 is 0. The number of halogens is 2. The maximum atomic E-state index is 12.8. The van der Waals surface area contributed by atoms with Crippen LogP contribution >= 0.6 is 0 Å². The second-order valence-corrected chi connectivity index (χ2v) is 4.83. The molecule has 0 atom stereocenters. The van der Waals surface area contributed by atoms with Crippen LogP contribution in [0.4, 0.5) is 8.78 Å². The zero-order valence-electron chi connectivity index (χ0n) is 9.21. The fourth-order valence-corrected chi connectivity index (χ4v) is 2.17. The molecule has 1 aliphatic heterocycles. The van der Waals surface area contributed by atoms with Crippen molar-refractivity contribution in [3.8, 4) is 11.5 Å². The Kier molecular flexibility index (Phi) is 2.10. The lowest BCUT2D eigenvalue weighted by molar-refractivity contribution is -0.286. The van der Waals surface area contributed by atoms with Crippen LogP contribution in [0.15, 0.2) is 18.2 Å². The molecule has 1 heterocycles. The van der Waals surface area contributed by atoms with Crippen LogP contribution in [-0.2, 0) is 6.42 Å². The van der Waals surface area contributed by atoms with Gasteiger partial charge >= 0.3 is 6.29 Å². The highest BCUT2D eigenvalue weighted by Gasteiger charge is 2.44. The fraction of sp³-hybridized carbons (Fsp3) is 0.500. The van der Waals surface area contributed by atoms with Gasteiger partial charge in [0.05, 0.1) is 0 Å². The summed E-state index contributed by atoms with van der Waals surface area (Å²) in [5, 5.41) is 0. The average Bonchev–Trinajstić information content (AvgIpc) is 2.95. The number of nitrogens with two attached hydrogens (primary N) is 1. The van der Waals surface area contributed by atoms with Crippen LogP contribution in [0.25, 0.3) is 0 Å². The van der Waals surface area contributed by atoms with Gasteiger partial charge in [-0.3, -0.25) is 0 Å². The van der Waals surface area contributed by atoms with Crippen LogP contribution in [-0.4, -0.2) is 12.8 Å². The molecule has 5 heteroatoms. The van der Waals surface area contributed by atoms with Crippen molar-refractivity contribution in [2.24, 2.45) is 11.1 Å². The number of hydrogen-bond acceptors (Lipinski definition) is 3. The molecule has 0 radical (unpaired) electrons. The first-order chi connectivity index (χ1) is 8.02. The van der Waals surface area contributed by atoms with Gasteiger partial charge in [-0.25, -0.2) is 0 Å². The van der Waals surface area contributed by atoms with Crippen molar-refractivity contribution < 1.29 is 18.3 Å². The molecule has 0 unspecified atom stereocenters. The van der Waals surface area contributed by atoms with Gasteiger partial charge in [-0.1, -0.05) is 6.07 Å². The monoisotopic (exact) mass is 241 g/mol. The van der Waals surface area contributed by atoms with E-state index in [1.54, 1.807) is 12.1 Å². The molecule has 0 saturated heterocycles. The predicted molar refractivity (Wildman–Crippen MR) is 57.1 cm³/mol. The standard InChI is InChI=1S/C12H13F2NO2/c13-12(14)16-9-2-1-8(5-10(9)17-12)6-11(7-15)3-4-11/h1-2,5H,3-4,6-7,15H2. The third-order valence-electron chi connectivity index (χ3n) is 3.43. The van der Waals surface area contributed by atoms with Crippen molar-refractivity contribution >= 4 is 0 Å². The van der Waals surface area contributed by atoms with Crippen molar-refractivity contribution in [2.75, 3.05) is 6.54 Å². The lowest BCUT2D eigenvalue weighted by Crippen LogP contribution is -2.25. The molecule has 0 bridgehead atoms. The van der Waals surface area contributed by atoms with Gasteiger partial charge < -0.3 is 15.2 Å². The van der Waals surface area contributed by atoms with E-state index in [2.05, 4.69) is 9.47 Å². The number of hydrogen-bond donors (Lipinski definition) is 1. The number of benzene rings is 1. The Hall–Kier alpha value is -1.36. The van der Waals surface area contributed by atoms with Crippen LogP contribution in [0.1, 0.15) is 18.4 Å². The van der Waals surface area contributed by atoms with Crippen molar-refractivity contribution in [3.63, 3.8) is 0 Å². The molecule has 0 amide bonds. The normalized spacial score (nSPS) is 22.5. The number of ether oxygens (including phenoxy) is 2. The Morgan fingerprint density at radius 2 is 1.88 bits per heavy atom. The van der Waals surface area contributed by atoms with E-state index in [-0.39, 0.29) is 16.9 Å². The van der Waals surface area contributed by atoms with Crippen LogP contribution < -0.4 is 15.2 Å². The summed E-state index contributed by atoms with van der Waals surface area (Å²) in [5.41, 5.74) is 6.84. The van der Waals surface area contributed by atoms with Crippen LogP contribution in [0.5, 0.6) is 11.5 Å². The number of alkyl halides is 2. The maximum Gasteiger partial charge on any atom is 0.586 e. The molecule has 17 heavy (non-hydrogen) atoms. The summed E-state index contributed by atoms with van der Waals surface area (Å²) < 4.78 is 34.4. The molecule has 3 rings (SSSR count). The zero-order chi connectivity index (χ0) is 12.1. The third-order valence-corrected chi connectivity index (χ3v) is 3.43. The Morgan fingerprint density at radius 1 is 1.18 bits per heavy atom. The van der Waals surface area contributed by atoms with E-state index < -0.39 is 6.29 Å². The first-order valence-electron chi connectivity index (χ1n) is 5.61. The smallest absolute Gasteiger partial charge is 0.395 e. The molecule has 92 valence electrons. The van der Waals surface area contributed by atoms with Crippen LogP contribution in [0.2, 0.25) is 0 Å². The number of rotatable bonds is 3. The number of fused-ring (bicyclic) bond motifs is 1. The van der Waals surface area contributed by atoms with Crippen LogP contribution in [0.3, 0.4) is 0 Å². The molecule has 1 aromatic carbocycles. The predicted octanol–water partition coefficient (Wildman–Crippen LogP) is 2.29. The van der Waals surface area contributed by atoms with E-state index in [9.17, 15) is 8.78 Å². The summed E-state index contributed by atoms with van der Waals surface area (Å²) in [6.07, 6.45) is -0.514. The minimum atomic E-state index is -3.54. The molecule has 0 spiro atoms. The van der Waals surface area contributed by atoms with Gasteiger partial charge in [0.1, 0.15) is 0 Å². The van der Waals surface area contributed by atoms with E-state index in [0.717, 1.165) is 24.8 Å². The maximum absolute atomic E-state index is 12.8. The molecule has 3 nitrogen and oxygen atoms in total. The molecular weight excluding hydrogens is 228 g/mol. The van der Waals surface area contributed by atoms with Gasteiger partial charge in [0.15, 0.2) is 11.5 Å². The molecule has 2 N–H and O–H groups in total. The highest BCUT2D eigenvalue weighted by atomic mass is 19.3. The lowest BCUT2D eigenvalue weighted by atomic mass is 9.96. The van der Waals surface area contributed by atoms with E-state index in [1.807, 2.05) is 0 Å². The molecule has 1 saturated carbocycles. The van der Waals surface area contributed by atoms with E-state index in [1.165, 1.54) is 6.07 Å². The minimum Gasteiger partial charge on any atom is -0.395 e. The van der Waals surface area contributed by atoms with Gasteiger partial charge in [0.25, 0.3) is 0 Å². The zero-order valence-corrected chi connectivity index (χ0v) is 9.21. The molecule has 1 aromatic rings. The Morgan fingerprint density at radius 3 is 2.53 bits per heavy atom. The highest BCUT2D eigenvalue weighted by Crippen LogP contribution is 2.48. The van der Waals surface area contributed by atoms with Crippen molar-refractivity contribution in [1.29, 1.82) is 0 Å². The average molecular weight is 241 g/mol. The van der Waals surface area contributed by atoms with Crippen molar-refractivity contribution in [1.82, 2.24) is 0 Å². The molecular formula is C12H13F2NO2. The van der Waals surface area contributed by atoms with Gasteiger partial charge in [-0.05, 0) is 48.9 Å². The summed E-state index contributed by atoms with van der Waals surface area (Å²) in [6.45, 7) is 0.637.